The first-order valence-corrected chi connectivity index (χ1v) is 7.29. The van der Waals surface area contributed by atoms with Crippen LogP contribution in [-0.4, -0.2) is 68.6 Å². The van der Waals surface area contributed by atoms with E-state index in [-0.39, 0.29) is 11.3 Å². The minimum atomic E-state index is -1.19. The van der Waals surface area contributed by atoms with Crippen LogP contribution in [0.4, 0.5) is 0 Å². The quantitative estimate of drug-likeness (QED) is 0.733. The minimum absolute atomic E-state index is 0.197. The van der Waals surface area contributed by atoms with E-state index in [1.54, 1.807) is 11.6 Å². The second-order valence-electron chi connectivity index (χ2n) is 5.42. The summed E-state index contributed by atoms with van der Waals surface area (Å²) in [6, 6.07) is 0. The Hall–Kier alpha value is -2.19. The van der Waals surface area contributed by atoms with Gasteiger partial charge in [-0.1, -0.05) is 0 Å². The molecule has 0 unspecified atom stereocenters. The van der Waals surface area contributed by atoms with E-state index in [9.17, 15) is 9.90 Å². The third-order valence-corrected chi connectivity index (χ3v) is 3.98. The van der Waals surface area contributed by atoms with Crippen LogP contribution in [-0.2, 0) is 6.54 Å². The highest BCUT2D eigenvalue weighted by Crippen LogP contribution is 2.29. The van der Waals surface area contributed by atoms with Crippen LogP contribution in [0.5, 0.6) is 5.75 Å². The summed E-state index contributed by atoms with van der Waals surface area (Å²) in [5.41, 5.74) is 0.913. The number of nitrogens with one attached hydrogen (secondary N) is 1. The Morgan fingerprint density at radius 2 is 2.09 bits per heavy atom. The Morgan fingerprint density at radius 1 is 1.36 bits per heavy atom. The Bertz CT molecular complexity index is 706. The van der Waals surface area contributed by atoms with Crippen molar-refractivity contribution in [1.29, 1.82) is 0 Å². The van der Waals surface area contributed by atoms with Crippen molar-refractivity contribution < 1.29 is 15.0 Å². The molecule has 1 saturated heterocycles. The summed E-state index contributed by atoms with van der Waals surface area (Å²) in [5, 5.41) is 27.3. The number of aromatic carboxylic acids is 1. The van der Waals surface area contributed by atoms with Crippen LogP contribution in [0.15, 0.2) is 6.20 Å². The summed E-state index contributed by atoms with van der Waals surface area (Å²) < 4.78 is 1.73. The predicted molar refractivity (Wildman–Crippen MR) is 80.2 cm³/mol. The van der Waals surface area contributed by atoms with Crippen LogP contribution in [0.25, 0.3) is 11.0 Å². The number of rotatable bonds is 4. The molecule has 1 aliphatic rings. The molecule has 0 aromatic carbocycles. The van der Waals surface area contributed by atoms with Crippen molar-refractivity contribution in [1.82, 2.24) is 25.0 Å². The zero-order chi connectivity index (χ0) is 15.7. The standard InChI is InChI=1S/C14H19N5O3/c1-9-11-12(20)10(14(21)22)8-16-13(11)19(17-9)7-6-18-4-2-15-3-5-18/h8,15H,2-7H2,1H3,(H,16,20)(H,21,22). The first kappa shape index (κ1) is 14.7. The number of carboxylic acids is 1. The lowest BCUT2D eigenvalue weighted by Gasteiger charge is -2.26. The molecule has 0 radical (unpaired) electrons. The molecule has 8 nitrogen and oxygen atoms in total. The maximum absolute atomic E-state index is 11.1. The van der Waals surface area contributed by atoms with Gasteiger partial charge >= 0.3 is 5.97 Å². The van der Waals surface area contributed by atoms with Crippen LogP contribution >= 0.6 is 0 Å². The fourth-order valence-corrected chi connectivity index (χ4v) is 2.78. The summed E-state index contributed by atoms with van der Waals surface area (Å²) in [7, 11) is 0. The van der Waals surface area contributed by atoms with Gasteiger partial charge in [0.1, 0.15) is 11.3 Å². The average molecular weight is 305 g/mol. The van der Waals surface area contributed by atoms with Gasteiger partial charge in [-0.3, -0.25) is 4.90 Å². The highest BCUT2D eigenvalue weighted by Gasteiger charge is 2.20. The van der Waals surface area contributed by atoms with Gasteiger partial charge in [0.15, 0.2) is 5.65 Å². The van der Waals surface area contributed by atoms with Crippen LogP contribution in [0.3, 0.4) is 0 Å². The highest BCUT2D eigenvalue weighted by atomic mass is 16.4. The van der Waals surface area contributed by atoms with Gasteiger partial charge in [-0.2, -0.15) is 5.10 Å². The van der Waals surface area contributed by atoms with Crippen molar-refractivity contribution in [3.8, 4) is 5.75 Å². The molecule has 8 heteroatoms. The number of fused-ring (bicyclic) bond motifs is 1. The van der Waals surface area contributed by atoms with E-state index in [1.807, 2.05) is 0 Å². The summed E-state index contributed by atoms with van der Waals surface area (Å²) >= 11 is 0. The van der Waals surface area contributed by atoms with Crippen LogP contribution < -0.4 is 5.32 Å². The van der Waals surface area contributed by atoms with Gasteiger partial charge in [0, 0.05) is 38.9 Å². The third kappa shape index (κ3) is 2.62. The molecular weight excluding hydrogens is 286 g/mol. The van der Waals surface area contributed by atoms with E-state index in [0.29, 0.717) is 23.3 Å². The van der Waals surface area contributed by atoms with E-state index in [1.165, 1.54) is 6.20 Å². The predicted octanol–water partition coefficient (Wildman–Crippen LogP) is 0.0487. The normalized spacial score (nSPS) is 16.2. The van der Waals surface area contributed by atoms with Crippen LogP contribution in [0, 0.1) is 6.92 Å². The molecule has 2 aromatic heterocycles. The SMILES string of the molecule is Cc1nn(CCN2CCNCC2)c2ncc(C(=O)O)c(O)c12. The number of carboxylic acid groups (broad SMARTS) is 1. The van der Waals surface area contributed by atoms with E-state index < -0.39 is 5.97 Å². The molecule has 118 valence electrons. The molecule has 0 atom stereocenters. The first-order valence-electron chi connectivity index (χ1n) is 7.29. The number of hydrogen-bond acceptors (Lipinski definition) is 6. The lowest BCUT2D eigenvalue weighted by molar-refractivity contribution is 0.0693. The monoisotopic (exact) mass is 305 g/mol. The van der Waals surface area contributed by atoms with Crippen molar-refractivity contribution in [3.63, 3.8) is 0 Å². The van der Waals surface area contributed by atoms with E-state index in [0.717, 1.165) is 32.7 Å². The number of aryl methyl sites for hydroxylation is 1. The second kappa shape index (κ2) is 5.90. The van der Waals surface area contributed by atoms with Crippen molar-refractivity contribution in [2.24, 2.45) is 0 Å². The number of piperazine rings is 1. The molecule has 0 aliphatic carbocycles. The van der Waals surface area contributed by atoms with Crippen LogP contribution in [0.1, 0.15) is 16.1 Å². The molecular formula is C14H19N5O3. The highest BCUT2D eigenvalue weighted by molar-refractivity contribution is 5.98. The van der Waals surface area contributed by atoms with Gasteiger partial charge in [-0.05, 0) is 6.92 Å². The Morgan fingerprint density at radius 3 is 2.77 bits per heavy atom. The average Bonchev–Trinajstić information content (AvgIpc) is 2.83. The zero-order valence-electron chi connectivity index (χ0n) is 12.4. The number of aromatic nitrogens is 3. The van der Waals surface area contributed by atoms with Crippen molar-refractivity contribution in [2.45, 2.75) is 13.5 Å². The number of aromatic hydroxyl groups is 1. The topological polar surface area (TPSA) is 104 Å². The minimum Gasteiger partial charge on any atom is -0.506 e. The van der Waals surface area contributed by atoms with Gasteiger partial charge < -0.3 is 15.5 Å². The lowest BCUT2D eigenvalue weighted by atomic mass is 10.2. The molecule has 22 heavy (non-hydrogen) atoms. The maximum Gasteiger partial charge on any atom is 0.341 e. The molecule has 3 heterocycles. The summed E-state index contributed by atoms with van der Waals surface area (Å²) in [6.07, 6.45) is 1.18. The Kier molecular flexibility index (Phi) is 3.95. The van der Waals surface area contributed by atoms with Crippen molar-refractivity contribution in [2.75, 3.05) is 32.7 Å². The lowest BCUT2D eigenvalue weighted by Crippen LogP contribution is -2.44. The molecule has 1 fully saturated rings. The van der Waals surface area contributed by atoms with Crippen LogP contribution in [0.2, 0.25) is 0 Å². The van der Waals surface area contributed by atoms with Gasteiger partial charge in [-0.25, -0.2) is 14.5 Å². The first-order chi connectivity index (χ1) is 10.6. The molecule has 3 N–H and O–H groups in total. The van der Waals surface area contributed by atoms with E-state index in [2.05, 4.69) is 20.3 Å². The summed E-state index contributed by atoms with van der Waals surface area (Å²) in [4.78, 5) is 17.6. The van der Waals surface area contributed by atoms with E-state index >= 15 is 0 Å². The second-order valence-corrected chi connectivity index (χ2v) is 5.42. The van der Waals surface area contributed by atoms with Gasteiger partial charge in [0.2, 0.25) is 0 Å². The van der Waals surface area contributed by atoms with Gasteiger partial charge in [-0.15, -0.1) is 0 Å². The summed E-state index contributed by atoms with van der Waals surface area (Å²) in [5.74, 6) is -1.46. The molecule has 0 amide bonds. The number of carbonyl (C=O) groups is 1. The molecule has 0 bridgehead atoms. The van der Waals surface area contributed by atoms with E-state index in [4.69, 9.17) is 5.11 Å². The van der Waals surface area contributed by atoms with Gasteiger partial charge in [0.05, 0.1) is 17.6 Å². The maximum atomic E-state index is 11.1. The molecule has 3 rings (SSSR count). The van der Waals surface area contributed by atoms with Crippen molar-refractivity contribution >= 4 is 17.0 Å². The Balaban J connectivity index is 1.87. The number of hydrogen-bond donors (Lipinski definition) is 3. The Labute approximate surface area is 127 Å². The molecule has 0 spiro atoms. The molecule has 2 aromatic rings. The zero-order valence-corrected chi connectivity index (χ0v) is 12.4. The fraction of sp³-hybridized carbons (Fsp3) is 0.500. The summed E-state index contributed by atoms with van der Waals surface area (Å²) in [6.45, 7) is 7.22. The molecule has 1 aliphatic heterocycles. The number of pyridine rings is 1. The smallest absolute Gasteiger partial charge is 0.341 e. The molecule has 0 saturated carbocycles. The fourth-order valence-electron chi connectivity index (χ4n) is 2.78. The number of nitrogens with zero attached hydrogens (tertiary/aromatic N) is 4. The third-order valence-electron chi connectivity index (χ3n) is 3.98. The largest absolute Gasteiger partial charge is 0.506 e. The van der Waals surface area contributed by atoms with Crippen molar-refractivity contribution in [3.05, 3.63) is 17.5 Å². The van der Waals surface area contributed by atoms with Gasteiger partial charge in [0.25, 0.3) is 0 Å².